The summed E-state index contributed by atoms with van der Waals surface area (Å²) in [6.07, 6.45) is 0. The van der Waals surface area contributed by atoms with E-state index >= 15 is 0 Å². The third kappa shape index (κ3) is 1.59. The zero-order chi connectivity index (χ0) is 15.4. The molecular weight excluding hydrogens is 282 g/mol. The fourth-order valence-corrected chi connectivity index (χ4v) is 3.42. The molecule has 3 aromatic carbocycles. The molecule has 0 spiro atoms. The highest BCUT2D eigenvalue weighted by Gasteiger charge is 2.18. The minimum Gasteiger partial charge on any atom is -0.318 e. The Bertz CT molecular complexity index is 1230. The summed E-state index contributed by atoms with van der Waals surface area (Å²) in [5.41, 5.74) is 9.44. The number of benzene rings is 3. The van der Waals surface area contributed by atoms with Crippen LogP contribution in [0, 0.1) is 0 Å². The van der Waals surface area contributed by atoms with E-state index in [4.69, 9.17) is 10.7 Å². The van der Waals surface area contributed by atoms with E-state index < -0.39 is 0 Å². The average molecular weight is 296 g/mol. The van der Waals surface area contributed by atoms with Crippen LogP contribution in [0.2, 0.25) is 0 Å². The smallest absolute Gasteiger partial charge is 0.276 e. The number of pyridine rings is 1. The highest BCUT2D eigenvalue weighted by molar-refractivity contribution is 6.09. The summed E-state index contributed by atoms with van der Waals surface area (Å²) in [5, 5.41) is 4.48. The molecule has 0 atom stereocenters. The maximum Gasteiger partial charge on any atom is 0.276 e. The normalized spacial score (nSPS) is 11.7. The highest BCUT2D eigenvalue weighted by atomic mass is 15.0. The molecule has 2 aromatic heterocycles. The van der Waals surface area contributed by atoms with Crippen molar-refractivity contribution in [3.8, 4) is 0 Å². The molecule has 2 N–H and O–H groups in total. The summed E-state index contributed by atoms with van der Waals surface area (Å²) >= 11 is 0. The molecule has 0 unspecified atom stereocenters. The van der Waals surface area contributed by atoms with Gasteiger partial charge in [-0.2, -0.15) is 4.40 Å². The summed E-state index contributed by atoms with van der Waals surface area (Å²) in [4.78, 5) is 4.90. The summed E-state index contributed by atoms with van der Waals surface area (Å²) in [5.74, 6) is 0.729. The van der Waals surface area contributed by atoms with E-state index in [0.717, 1.165) is 33.3 Å². The van der Waals surface area contributed by atoms with E-state index in [1.54, 1.807) is 0 Å². The monoisotopic (exact) mass is 296 g/mol. The Morgan fingerprint density at radius 2 is 1.26 bits per heavy atom. The third-order valence-electron chi connectivity index (χ3n) is 4.46. The van der Waals surface area contributed by atoms with Crippen molar-refractivity contribution in [3.05, 3.63) is 72.8 Å². The maximum absolute atomic E-state index is 6.53. The molecule has 0 aliphatic rings. The first kappa shape index (κ1) is 12.4. The van der Waals surface area contributed by atoms with Crippen molar-refractivity contribution in [2.24, 2.45) is 0 Å². The second kappa shape index (κ2) is 4.40. The summed E-state index contributed by atoms with van der Waals surface area (Å²) in [7, 11) is 0. The second-order valence-electron chi connectivity index (χ2n) is 5.74. The Kier molecular flexibility index (Phi) is 2.36. The molecule has 0 bridgehead atoms. The van der Waals surface area contributed by atoms with Gasteiger partial charge in [0, 0.05) is 5.39 Å². The van der Waals surface area contributed by atoms with E-state index in [-0.39, 0.29) is 0 Å². The molecule has 0 radical (unpaired) electrons. The van der Waals surface area contributed by atoms with Crippen LogP contribution in [0.4, 0.5) is 5.82 Å². The Hall–Kier alpha value is -3.20. The van der Waals surface area contributed by atoms with Gasteiger partial charge in [0.15, 0.2) is 5.52 Å². The predicted molar refractivity (Wildman–Crippen MR) is 94.3 cm³/mol. The van der Waals surface area contributed by atoms with Crippen LogP contribution in [-0.4, -0.2) is 4.98 Å². The van der Waals surface area contributed by atoms with Crippen molar-refractivity contribution in [1.29, 1.82) is 0 Å². The SMILES string of the molecule is Nc1c2ccccc2nc2c3ccccc3c3ccccc3[n+]12. The molecule has 0 aliphatic carbocycles. The largest absolute Gasteiger partial charge is 0.318 e. The van der Waals surface area contributed by atoms with Gasteiger partial charge in [0.05, 0.1) is 10.8 Å². The van der Waals surface area contributed by atoms with Crippen molar-refractivity contribution >= 4 is 44.0 Å². The van der Waals surface area contributed by atoms with Gasteiger partial charge in [-0.1, -0.05) is 48.5 Å². The lowest BCUT2D eigenvalue weighted by Crippen LogP contribution is -2.29. The summed E-state index contributed by atoms with van der Waals surface area (Å²) < 4.78 is 2.07. The van der Waals surface area contributed by atoms with Gasteiger partial charge in [-0.15, -0.1) is 4.98 Å². The van der Waals surface area contributed by atoms with Gasteiger partial charge >= 0.3 is 0 Å². The average Bonchev–Trinajstić information content (AvgIpc) is 2.62. The number of fused-ring (bicyclic) bond motifs is 7. The van der Waals surface area contributed by atoms with Crippen LogP contribution in [0.5, 0.6) is 0 Å². The van der Waals surface area contributed by atoms with Crippen molar-refractivity contribution in [2.45, 2.75) is 0 Å². The Balaban J connectivity index is 2.22. The molecule has 3 heteroatoms. The van der Waals surface area contributed by atoms with Gasteiger partial charge in [-0.3, -0.25) is 0 Å². The van der Waals surface area contributed by atoms with Crippen LogP contribution in [0.25, 0.3) is 38.2 Å². The van der Waals surface area contributed by atoms with E-state index in [1.165, 1.54) is 10.8 Å². The third-order valence-corrected chi connectivity index (χ3v) is 4.46. The maximum atomic E-state index is 6.53. The molecule has 0 aliphatic heterocycles. The van der Waals surface area contributed by atoms with E-state index in [2.05, 4.69) is 40.8 Å². The van der Waals surface area contributed by atoms with Gasteiger partial charge < -0.3 is 5.73 Å². The molecule has 23 heavy (non-hydrogen) atoms. The fourth-order valence-electron chi connectivity index (χ4n) is 3.42. The molecule has 5 aromatic rings. The molecule has 3 nitrogen and oxygen atoms in total. The predicted octanol–water partition coefficient (Wildman–Crippen LogP) is 3.86. The van der Waals surface area contributed by atoms with Crippen molar-refractivity contribution in [2.75, 3.05) is 5.73 Å². The molecule has 0 saturated carbocycles. The number of rotatable bonds is 0. The lowest BCUT2D eigenvalue weighted by Gasteiger charge is -2.09. The number of nitrogens with zero attached hydrogens (tertiary/aromatic N) is 2. The number of nitrogen functional groups attached to an aromatic ring is 1. The molecular formula is C20H14N3+. The van der Waals surface area contributed by atoms with Gasteiger partial charge in [0.1, 0.15) is 5.52 Å². The number of hydrogen-bond donors (Lipinski definition) is 1. The van der Waals surface area contributed by atoms with E-state index in [9.17, 15) is 0 Å². The highest BCUT2D eigenvalue weighted by Crippen LogP contribution is 2.28. The van der Waals surface area contributed by atoms with Crippen molar-refractivity contribution in [3.63, 3.8) is 0 Å². The topological polar surface area (TPSA) is 43.0 Å². The Morgan fingerprint density at radius 1 is 0.652 bits per heavy atom. The molecule has 0 fully saturated rings. The number of anilines is 1. The summed E-state index contributed by atoms with van der Waals surface area (Å²) in [6, 6.07) is 24.7. The lowest BCUT2D eigenvalue weighted by atomic mass is 10.1. The van der Waals surface area contributed by atoms with Crippen LogP contribution in [-0.2, 0) is 0 Å². The second-order valence-corrected chi connectivity index (χ2v) is 5.74. The van der Waals surface area contributed by atoms with Crippen LogP contribution in [0.1, 0.15) is 0 Å². The molecule has 5 rings (SSSR count). The van der Waals surface area contributed by atoms with Crippen molar-refractivity contribution in [1.82, 2.24) is 4.98 Å². The van der Waals surface area contributed by atoms with Gasteiger partial charge in [0.2, 0.25) is 5.82 Å². The van der Waals surface area contributed by atoms with Crippen LogP contribution >= 0.6 is 0 Å². The zero-order valence-corrected chi connectivity index (χ0v) is 12.4. The van der Waals surface area contributed by atoms with Gasteiger partial charge in [-0.05, 0) is 29.7 Å². The van der Waals surface area contributed by atoms with Crippen LogP contribution < -0.4 is 10.1 Å². The van der Waals surface area contributed by atoms with E-state index in [1.807, 2.05) is 36.4 Å². The number of hydrogen-bond acceptors (Lipinski definition) is 2. The van der Waals surface area contributed by atoms with Gasteiger partial charge in [-0.25, -0.2) is 0 Å². The first-order valence-corrected chi connectivity index (χ1v) is 7.64. The molecule has 108 valence electrons. The van der Waals surface area contributed by atoms with Crippen molar-refractivity contribution < 1.29 is 4.40 Å². The molecule has 0 amide bonds. The number of aromatic nitrogens is 2. The quantitative estimate of drug-likeness (QED) is 0.268. The van der Waals surface area contributed by atoms with Crippen LogP contribution in [0.3, 0.4) is 0 Å². The number of para-hydroxylation sites is 2. The zero-order valence-electron chi connectivity index (χ0n) is 12.4. The molecule has 0 saturated heterocycles. The first-order chi connectivity index (χ1) is 11.3. The Morgan fingerprint density at radius 3 is 2.09 bits per heavy atom. The molecule has 2 heterocycles. The lowest BCUT2D eigenvalue weighted by molar-refractivity contribution is -0.464. The minimum atomic E-state index is 0.729. The number of nitrogens with two attached hydrogens (primary N) is 1. The van der Waals surface area contributed by atoms with Crippen LogP contribution in [0.15, 0.2) is 72.8 Å². The summed E-state index contributed by atoms with van der Waals surface area (Å²) in [6.45, 7) is 0. The minimum absolute atomic E-state index is 0.729. The van der Waals surface area contributed by atoms with E-state index in [0.29, 0.717) is 0 Å². The first-order valence-electron chi connectivity index (χ1n) is 7.64. The van der Waals surface area contributed by atoms with Gasteiger partial charge in [0.25, 0.3) is 5.65 Å². The Labute approximate surface area is 132 Å². The standard InChI is InChI=1S/C20H13N3/c21-19-16-10-3-5-11-17(16)22-20-15-9-2-1-7-13(15)14-8-4-6-12-18(14)23(19)20/h1-12,21H/p+1. The fraction of sp³-hybridized carbons (Fsp3) is 0.